The van der Waals surface area contributed by atoms with Gasteiger partial charge in [-0.25, -0.2) is 9.97 Å². The first-order chi connectivity index (χ1) is 17.2. The van der Waals surface area contributed by atoms with Gasteiger partial charge in [0.2, 0.25) is 11.9 Å². The molecule has 0 saturated carbocycles. The van der Waals surface area contributed by atoms with Crippen molar-refractivity contribution in [1.82, 2.24) is 25.3 Å². The molecule has 2 N–H and O–H groups in total. The molecule has 1 aromatic carbocycles. The fourth-order valence-electron chi connectivity index (χ4n) is 3.89. The predicted octanol–water partition coefficient (Wildman–Crippen LogP) is 3.47. The van der Waals surface area contributed by atoms with Crippen molar-refractivity contribution in [3.8, 4) is 11.4 Å². The first kappa shape index (κ1) is 22.4. The molecule has 0 aliphatic carbocycles. The Hall–Kier alpha value is -4.37. The Morgan fingerprint density at radius 3 is 2.66 bits per heavy atom. The Kier molecular flexibility index (Phi) is 6.58. The Morgan fingerprint density at radius 2 is 1.86 bits per heavy atom. The van der Waals surface area contributed by atoms with Crippen molar-refractivity contribution < 1.29 is 9.53 Å². The predicted molar refractivity (Wildman–Crippen MR) is 135 cm³/mol. The third-order valence-electron chi connectivity index (χ3n) is 5.72. The molecule has 1 fully saturated rings. The molecule has 9 nitrogen and oxygen atoms in total. The molecule has 0 spiro atoms. The van der Waals surface area contributed by atoms with Crippen LogP contribution >= 0.6 is 0 Å². The van der Waals surface area contributed by atoms with E-state index in [1.807, 2.05) is 30.3 Å². The largest absolute Gasteiger partial charge is 0.378 e. The summed E-state index contributed by atoms with van der Waals surface area (Å²) in [6.45, 7) is 7.14. The molecule has 4 aromatic rings. The van der Waals surface area contributed by atoms with Crippen molar-refractivity contribution in [3.63, 3.8) is 0 Å². The summed E-state index contributed by atoms with van der Waals surface area (Å²) >= 11 is 0. The zero-order valence-corrected chi connectivity index (χ0v) is 19.1. The van der Waals surface area contributed by atoms with Crippen LogP contribution in [0.5, 0.6) is 0 Å². The summed E-state index contributed by atoms with van der Waals surface area (Å²) in [5.41, 5.74) is 4.96. The number of nitrogens with zero attached hydrogens (tertiary/aromatic N) is 5. The molecule has 35 heavy (non-hydrogen) atoms. The molecular formula is C26H25N7O2. The lowest BCUT2D eigenvalue weighted by atomic mass is 10.1. The summed E-state index contributed by atoms with van der Waals surface area (Å²) in [4.78, 5) is 32.1. The zero-order chi connectivity index (χ0) is 24.0. The van der Waals surface area contributed by atoms with Gasteiger partial charge in [-0.1, -0.05) is 6.58 Å². The number of rotatable bonds is 7. The molecule has 9 heteroatoms. The number of carbonyl (C=O) groups excluding carboxylic acids is 1. The summed E-state index contributed by atoms with van der Waals surface area (Å²) in [7, 11) is 0. The second-order valence-corrected chi connectivity index (χ2v) is 8.03. The number of pyridine rings is 2. The topological polar surface area (TPSA) is 105 Å². The lowest BCUT2D eigenvalue weighted by Gasteiger charge is -2.28. The zero-order valence-electron chi connectivity index (χ0n) is 19.1. The number of carbonyl (C=O) groups is 1. The smallest absolute Gasteiger partial charge is 0.243 e. The Morgan fingerprint density at radius 1 is 1.06 bits per heavy atom. The van der Waals surface area contributed by atoms with Crippen molar-refractivity contribution >= 4 is 34.1 Å². The minimum atomic E-state index is -0.229. The summed E-state index contributed by atoms with van der Waals surface area (Å²) < 4.78 is 5.43. The molecule has 0 atom stereocenters. The Balaban J connectivity index is 1.39. The fourth-order valence-corrected chi connectivity index (χ4v) is 3.89. The van der Waals surface area contributed by atoms with Gasteiger partial charge >= 0.3 is 0 Å². The highest BCUT2D eigenvalue weighted by molar-refractivity contribution is 5.90. The normalized spacial score (nSPS) is 13.4. The average molecular weight is 468 g/mol. The molecule has 0 radical (unpaired) electrons. The maximum absolute atomic E-state index is 11.5. The van der Waals surface area contributed by atoms with E-state index in [9.17, 15) is 4.79 Å². The molecule has 0 unspecified atom stereocenters. The average Bonchev–Trinajstić information content (AvgIpc) is 2.92. The summed E-state index contributed by atoms with van der Waals surface area (Å²) in [5.74, 6) is 0.244. The van der Waals surface area contributed by atoms with Crippen LogP contribution in [0.25, 0.3) is 22.3 Å². The second kappa shape index (κ2) is 10.3. The first-order valence-corrected chi connectivity index (χ1v) is 11.4. The minimum absolute atomic E-state index is 0.229. The third-order valence-corrected chi connectivity index (χ3v) is 5.72. The van der Waals surface area contributed by atoms with Gasteiger partial charge in [-0.15, -0.1) is 0 Å². The Bertz CT molecular complexity index is 1350. The van der Waals surface area contributed by atoms with Crippen LogP contribution in [0.1, 0.15) is 5.56 Å². The molecule has 4 heterocycles. The number of nitrogens with one attached hydrogen (secondary N) is 2. The molecule has 1 aliphatic rings. The number of benzene rings is 1. The van der Waals surface area contributed by atoms with Crippen molar-refractivity contribution in [2.75, 3.05) is 36.5 Å². The van der Waals surface area contributed by atoms with Gasteiger partial charge in [-0.3, -0.25) is 14.8 Å². The van der Waals surface area contributed by atoms with Gasteiger partial charge in [0.1, 0.15) is 11.2 Å². The third kappa shape index (κ3) is 5.25. The number of morpholine rings is 1. The van der Waals surface area contributed by atoms with Gasteiger partial charge < -0.3 is 20.3 Å². The van der Waals surface area contributed by atoms with Crippen LogP contribution in [0.2, 0.25) is 0 Å². The fraction of sp³-hybridized carbons (Fsp3) is 0.192. The molecule has 1 saturated heterocycles. The van der Waals surface area contributed by atoms with E-state index in [0.717, 1.165) is 42.9 Å². The van der Waals surface area contributed by atoms with Crippen LogP contribution in [-0.4, -0.2) is 52.1 Å². The molecule has 1 amide bonds. The molecular weight excluding hydrogens is 442 g/mol. The van der Waals surface area contributed by atoms with Gasteiger partial charge in [-0.05, 0) is 54.1 Å². The highest BCUT2D eigenvalue weighted by Crippen LogP contribution is 2.26. The number of anilines is 3. The Labute approximate surface area is 202 Å². The van der Waals surface area contributed by atoms with Gasteiger partial charge in [0.25, 0.3) is 0 Å². The van der Waals surface area contributed by atoms with E-state index in [-0.39, 0.29) is 5.91 Å². The standard InChI is InChI=1S/C26H25N7O2/c1-2-23(34)29-16-18-7-9-27-22(15-18)25-24-19(8-10-28-25)17-30-26(32-24)31-20-3-5-21(6-4-20)33-11-13-35-14-12-33/h2-10,15,17H,1,11-14,16H2,(H,29,34)(H,30,31,32). The lowest BCUT2D eigenvalue weighted by molar-refractivity contribution is -0.116. The van der Waals surface area contributed by atoms with Crippen molar-refractivity contribution in [2.24, 2.45) is 0 Å². The number of ether oxygens (including phenoxy) is 1. The maximum atomic E-state index is 11.5. The van der Waals surface area contributed by atoms with Gasteiger partial charge in [0.05, 0.1) is 18.9 Å². The van der Waals surface area contributed by atoms with Crippen molar-refractivity contribution in [2.45, 2.75) is 6.54 Å². The SMILES string of the molecule is C=CC(=O)NCc1ccnc(-c2nccc3cnc(Nc4ccc(N5CCOCC5)cc4)nc23)c1. The van der Waals surface area contributed by atoms with E-state index in [1.165, 1.54) is 11.8 Å². The summed E-state index contributed by atoms with van der Waals surface area (Å²) in [6, 6.07) is 13.8. The van der Waals surface area contributed by atoms with Crippen LogP contribution in [-0.2, 0) is 16.1 Å². The van der Waals surface area contributed by atoms with Crippen LogP contribution in [0.4, 0.5) is 17.3 Å². The minimum Gasteiger partial charge on any atom is -0.378 e. The van der Waals surface area contributed by atoms with Crippen LogP contribution < -0.4 is 15.5 Å². The molecule has 0 bridgehead atoms. The summed E-state index contributed by atoms with van der Waals surface area (Å²) in [5, 5.41) is 6.92. The van der Waals surface area contributed by atoms with E-state index < -0.39 is 0 Å². The number of aromatic nitrogens is 4. The lowest BCUT2D eigenvalue weighted by Crippen LogP contribution is -2.36. The maximum Gasteiger partial charge on any atom is 0.243 e. The quantitative estimate of drug-likeness (QED) is 0.398. The number of fused-ring (bicyclic) bond motifs is 1. The number of hydrogen-bond donors (Lipinski definition) is 2. The van der Waals surface area contributed by atoms with Crippen LogP contribution in [0.3, 0.4) is 0 Å². The van der Waals surface area contributed by atoms with E-state index >= 15 is 0 Å². The van der Waals surface area contributed by atoms with E-state index in [1.54, 1.807) is 18.6 Å². The molecule has 176 valence electrons. The van der Waals surface area contributed by atoms with E-state index in [4.69, 9.17) is 9.72 Å². The van der Waals surface area contributed by atoms with Gasteiger partial charge in [0, 0.05) is 55.0 Å². The van der Waals surface area contributed by atoms with Gasteiger partial charge in [-0.2, -0.15) is 0 Å². The molecule has 3 aromatic heterocycles. The van der Waals surface area contributed by atoms with E-state index in [0.29, 0.717) is 29.4 Å². The second-order valence-electron chi connectivity index (χ2n) is 8.03. The van der Waals surface area contributed by atoms with Crippen molar-refractivity contribution in [3.05, 3.63) is 79.3 Å². The van der Waals surface area contributed by atoms with Gasteiger partial charge in [0.15, 0.2) is 0 Å². The monoisotopic (exact) mass is 467 g/mol. The highest BCUT2D eigenvalue weighted by Gasteiger charge is 2.13. The molecule has 1 aliphatic heterocycles. The molecule has 5 rings (SSSR count). The van der Waals surface area contributed by atoms with Crippen LogP contribution in [0, 0.1) is 0 Å². The van der Waals surface area contributed by atoms with Crippen LogP contribution in [0.15, 0.2) is 73.7 Å². The highest BCUT2D eigenvalue weighted by atomic mass is 16.5. The van der Waals surface area contributed by atoms with Crippen molar-refractivity contribution in [1.29, 1.82) is 0 Å². The number of amides is 1. The number of hydrogen-bond acceptors (Lipinski definition) is 8. The summed E-state index contributed by atoms with van der Waals surface area (Å²) in [6.07, 6.45) is 6.43. The van der Waals surface area contributed by atoms with E-state index in [2.05, 4.69) is 49.2 Å². The first-order valence-electron chi connectivity index (χ1n) is 11.4.